The average molecular weight is 293 g/mol. The SMILES string of the molecule is CCOc1cccc(C(=O)Cc2ccc(F)c(Cl)c2)c1. The summed E-state index contributed by atoms with van der Waals surface area (Å²) < 4.78 is 18.4. The lowest BCUT2D eigenvalue weighted by Crippen LogP contribution is -2.04. The van der Waals surface area contributed by atoms with Crippen molar-refractivity contribution in [2.24, 2.45) is 0 Å². The first kappa shape index (κ1) is 14.5. The molecule has 20 heavy (non-hydrogen) atoms. The van der Waals surface area contributed by atoms with E-state index in [9.17, 15) is 9.18 Å². The van der Waals surface area contributed by atoms with Gasteiger partial charge in [0.05, 0.1) is 11.6 Å². The number of carbonyl (C=O) groups is 1. The second-order valence-electron chi connectivity index (χ2n) is 4.31. The number of ketones is 1. The fourth-order valence-corrected chi connectivity index (χ4v) is 2.07. The van der Waals surface area contributed by atoms with E-state index >= 15 is 0 Å². The Hall–Kier alpha value is -1.87. The zero-order valence-corrected chi connectivity index (χ0v) is 11.8. The smallest absolute Gasteiger partial charge is 0.167 e. The van der Waals surface area contributed by atoms with Gasteiger partial charge in [-0.2, -0.15) is 0 Å². The summed E-state index contributed by atoms with van der Waals surface area (Å²) in [6.07, 6.45) is 0.176. The molecule has 0 atom stereocenters. The maximum Gasteiger partial charge on any atom is 0.167 e. The van der Waals surface area contributed by atoms with Gasteiger partial charge in [-0.15, -0.1) is 0 Å². The number of Topliss-reactive ketones (excluding diaryl/α,β-unsaturated/α-hetero) is 1. The number of halogens is 2. The largest absolute Gasteiger partial charge is 0.494 e. The molecule has 0 saturated carbocycles. The molecule has 0 heterocycles. The molecule has 0 fully saturated rings. The topological polar surface area (TPSA) is 26.3 Å². The second kappa shape index (κ2) is 6.53. The molecule has 0 amide bonds. The van der Waals surface area contributed by atoms with Gasteiger partial charge in [0.15, 0.2) is 5.78 Å². The maximum atomic E-state index is 13.1. The summed E-state index contributed by atoms with van der Waals surface area (Å²) in [5.41, 5.74) is 1.25. The van der Waals surface area contributed by atoms with Crippen molar-refractivity contribution in [3.8, 4) is 5.75 Å². The Morgan fingerprint density at radius 3 is 2.75 bits per heavy atom. The van der Waals surface area contributed by atoms with Gasteiger partial charge in [-0.1, -0.05) is 29.8 Å². The van der Waals surface area contributed by atoms with Gasteiger partial charge in [0, 0.05) is 12.0 Å². The molecule has 0 unspecified atom stereocenters. The van der Waals surface area contributed by atoms with Crippen LogP contribution in [0.2, 0.25) is 5.02 Å². The van der Waals surface area contributed by atoms with Crippen LogP contribution in [0.25, 0.3) is 0 Å². The van der Waals surface area contributed by atoms with Crippen LogP contribution in [0.4, 0.5) is 4.39 Å². The van der Waals surface area contributed by atoms with Crippen LogP contribution >= 0.6 is 11.6 Å². The predicted molar refractivity (Wildman–Crippen MR) is 77.1 cm³/mol. The van der Waals surface area contributed by atoms with Gasteiger partial charge >= 0.3 is 0 Å². The van der Waals surface area contributed by atoms with Crippen LogP contribution in [0.1, 0.15) is 22.8 Å². The molecule has 0 bridgehead atoms. The normalized spacial score (nSPS) is 10.3. The number of ether oxygens (including phenoxy) is 1. The van der Waals surface area contributed by atoms with Gasteiger partial charge in [0.25, 0.3) is 0 Å². The highest BCUT2D eigenvalue weighted by atomic mass is 35.5. The average Bonchev–Trinajstić information content (AvgIpc) is 2.43. The van der Waals surface area contributed by atoms with Crippen molar-refractivity contribution in [3.05, 3.63) is 64.4 Å². The Kier molecular flexibility index (Phi) is 4.74. The molecule has 0 aliphatic heterocycles. The summed E-state index contributed by atoms with van der Waals surface area (Å²) in [4.78, 5) is 12.2. The first-order valence-corrected chi connectivity index (χ1v) is 6.68. The maximum absolute atomic E-state index is 13.1. The highest BCUT2D eigenvalue weighted by molar-refractivity contribution is 6.30. The van der Waals surface area contributed by atoms with Crippen molar-refractivity contribution in [2.75, 3.05) is 6.61 Å². The fourth-order valence-electron chi connectivity index (χ4n) is 1.86. The van der Waals surface area contributed by atoms with E-state index in [1.165, 1.54) is 12.1 Å². The number of hydrogen-bond acceptors (Lipinski definition) is 2. The second-order valence-corrected chi connectivity index (χ2v) is 4.72. The quantitative estimate of drug-likeness (QED) is 0.768. The highest BCUT2D eigenvalue weighted by Gasteiger charge is 2.09. The van der Waals surface area contributed by atoms with E-state index in [1.807, 2.05) is 6.92 Å². The monoisotopic (exact) mass is 292 g/mol. The van der Waals surface area contributed by atoms with Crippen molar-refractivity contribution < 1.29 is 13.9 Å². The van der Waals surface area contributed by atoms with Crippen molar-refractivity contribution in [1.29, 1.82) is 0 Å². The third kappa shape index (κ3) is 3.58. The van der Waals surface area contributed by atoms with E-state index in [4.69, 9.17) is 16.3 Å². The summed E-state index contributed by atoms with van der Waals surface area (Å²) in [5, 5.41) is 0.0263. The lowest BCUT2D eigenvalue weighted by molar-refractivity contribution is 0.0992. The molecule has 2 aromatic rings. The minimum atomic E-state index is -0.485. The third-order valence-corrected chi connectivity index (χ3v) is 3.11. The Balaban J connectivity index is 2.15. The summed E-state index contributed by atoms with van der Waals surface area (Å²) in [7, 11) is 0. The minimum absolute atomic E-state index is 0.0263. The molecule has 0 N–H and O–H groups in total. The van der Waals surface area contributed by atoms with Crippen LogP contribution in [-0.2, 0) is 6.42 Å². The van der Waals surface area contributed by atoms with E-state index in [0.29, 0.717) is 23.5 Å². The lowest BCUT2D eigenvalue weighted by Gasteiger charge is -2.06. The lowest BCUT2D eigenvalue weighted by atomic mass is 10.0. The summed E-state index contributed by atoms with van der Waals surface area (Å²) in [6.45, 7) is 2.43. The molecule has 0 aliphatic carbocycles. The standard InChI is InChI=1S/C16H14ClFO2/c1-2-20-13-5-3-4-12(10-13)16(19)9-11-6-7-15(18)14(17)8-11/h3-8,10H,2,9H2,1H3. The van der Waals surface area contributed by atoms with Crippen LogP contribution in [-0.4, -0.2) is 12.4 Å². The number of rotatable bonds is 5. The molecule has 0 aromatic heterocycles. The summed E-state index contributed by atoms with van der Waals surface area (Å²) >= 11 is 5.70. The molecule has 2 aromatic carbocycles. The Morgan fingerprint density at radius 1 is 1.25 bits per heavy atom. The molecule has 0 saturated heterocycles. The minimum Gasteiger partial charge on any atom is -0.494 e. The molecule has 0 radical (unpaired) electrons. The number of hydrogen-bond donors (Lipinski definition) is 0. The summed E-state index contributed by atoms with van der Waals surface area (Å²) in [5.74, 6) is 0.117. The molecule has 0 aliphatic rings. The van der Waals surface area contributed by atoms with Crippen LogP contribution in [0.3, 0.4) is 0 Å². The van der Waals surface area contributed by atoms with Gasteiger partial charge in [0.1, 0.15) is 11.6 Å². The van der Waals surface area contributed by atoms with Gasteiger partial charge in [-0.05, 0) is 36.8 Å². The Bertz CT molecular complexity index is 626. The van der Waals surface area contributed by atoms with Crippen molar-refractivity contribution in [3.63, 3.8) is 0 Å². The van der Waals surface area contributed by atoms with E-state index in [0.717, 1.165) is 0 Å². The molecular formula is C16H14ClFO2. The summed E-state index contributed by atoms with van der Waals surface area (Å²) in [6, 6.07) is 11.3. The first-order valence-electron chi connectivity index (χ1n) is 6.30. The molecule has 0 spiro atoms. The van der Waals surface area contributed by atoms with E-state index < -0.39 is 5.82 Å². The number of benzene rings is 2. The molecule has 104 valence electrons. The van der Waals surface area contributed by atoms with E-state index in [2.05, 4.69) is 0 Å². The first-order chi connectivity index (χ1) is 9.60. The van der Waals surface area contributed by atoms with Crippen molar-refractivity contribution >= 4 is 17.4 Å². The Morgan fingerprint density at radius 2 is 2.05 bits per heavy atom. The van der Waals surface area contributed by atoms with E-state index in [1.54, 1.807) is 30.3 Å². The molecular weight excluding hydrogens is 279 g/mol. The molecule has 2 rings (SSSR count). The molecule has 4 heteroatoms. The fraction of sp³-hybridized carbons (Fsp3) is 0.188. The van der Waals surface area contributed by atoms with Crippen LogP contribution in [0.15, 0.2) is 42.5 Å². The third-order valence-electron chi connectivity index (χ3n) is 2.82. The van der Waals surface area contributed by atoms with Gasteiger partial charge in [0.2, 0.25) is 0 Å². The zero-order chi connectivity index (χ0) is 14.5. The van der Waals surface area contributed by atoms with Crippen LogP contribution < -0.4 is 4.74 Å². The Labute approximate surface area is 122 Å². The zero-order valence-electron chi connectivity index (χ0n) is 11.0. The highest BCUT2D eigenvalue weighted by Crippen LogP contribution is 2.19. The van der Waals surface area contributed by atoms with Crippen molar-refractivity contribution in [1.82, 2.24) is 0 Å². The van der Waals surface area contributed by atoms with Crippen LogP contribution in [0.5, 0.6) is 5.75 Å². The van der Waals surface area contributed by atoms with Crippen LogP contribution in [0, 0.1) is 5.82 Å². The molecule has 2 nitrogen and oxygen atoms in total. The predicted octanol–water partition coefficient (Wildman–Crippen LogP) is 4.30. The van der Waals surface area contributed by atoms with Crippen molar-refractivity contribution in [2.45, 2.75) is 13.3 Å². The van der Waals surface area contributed by atoms with E-state index in [-0.39, 0.29) is 17.2 Å². The van der Waals surface area contributed by atoms with Gasteiger partial charge in [-0.25, -0.2) is 4.39 Å². The van der Waals surface area contributed by atoms with Gasteiger partial charge < -0.3 is 4.74 Å². The number of carbonyl (C=O) groups excluding carboxylic acids is 1. The van der Waals surface area contributed by atoms with Gasteiger partial charge in [-0.3, -0.25) is 4.79 Å².